The van der Waals surface area contributed by atoms with Crippen LogP contribution in [0, 0.1) is 5.82 Å². The second-order valence-electron chi connectivity index (χ2n) is 4.01. The summed E-state index contributed by atoms with van der Waals surface area (Å²) in [6, 6.07) is 9.63. The Bertz CT molecular complexity index is 783. The summed E-state index contributed by atoms with van der Waals surface area (Å²) in [5.74, 6) is -0.273. The number of rotatable bonds is 1. The zero-order chi connectivity index (χ0) is 13.6. The van der Waals surface area contributed by atoms with Gasteiger partial charge in [0.25, 0.3) is 0 Å². The van der Waals surface area contributed by atoms with Gasteiger partial charge in [-0.1, -0.05) is 29.3 Å². The fourth-order valence-corrected chi connectivity index (χ4v) is 2.36. The zero-order valence-corrected chi connectivity index (χ0v) is 11.1. The molecule has 0 aliphatic heterocycles. The Morgan fingerprint density at radius 1 is 1.16 bits per heavy atom. The van der Waals surface area contributed by atoms with Crippen molar-refractivity contribution in [1.82, 2.24) is 9.55 Å². The average molecular weight is 296 g/mol. The predicted octanol–water partition coefficient (Wildman–Crippen LogP) is 4.05. The molecule has 19 heavy (non-hydrogen) atoms. The van der Waals surface area contributed by atoms with Crippen LogP contribution in [0.2, 0.25) is 10.0 Å². The van der Waals surface area contributed by atoms with E-state index in [1.807, 2.05) is 0 Å². The van der Waals surface area contributed by atoms with Crippen molar-refractivity contribution in [3.8, 4) is 5.69 Å². The van der Waals surface area contributed by atoms with E-state index in [1.165, 1.54) is 6.07 Å². The van der Waals surface area contributed by atoms with E-state index in [2.05, 4.69) is 4.98 Å². The summed E-state index contributed by atoms with van der Waals surface area (Å²) in [6.45, 7) is 0. The molecule has 6 heteroatoms. The Balaban J connectivity index is 2.39. The molecule has 0 atom stereocenters. The number of fused-ring (bicyclic) bond motifs is 1. The first-order valence-electron chi connectivity index (χ1n) is 5.46. The Labute approximate surface area is 118 Å². The smallest absolute Gasteiger partial charge is 0.206 e. The van der Waals surface area contributed by atoms with Crippen molar-refractivity contribution in [1.29, 1.82) is 0 Å². The summed E-state index contributed by atoms with van der Waals surface area (Å²) >= 11 is 12.1. The van der Waals surface area contributed by atoms with Gasteiger partial charge in [0.15, 0.2) is 5.82 Å². The normalized spacial score (nSPS) is 11.1. The van der Waals surface area contributed by atoms with E-state index in [0.29, 0.717) is 21.2 Å². The minimum atomic E-state index is -0.430. The highest BCUT2D eigenvalue weighted by Gasteiger charge is 2.15. The van der Waals surface area contributed by atoms with E-state index < -0.39 is 5.82 Å². The number of hydrogen-bond donors (Lipinski definition) is 1. The lowest BCUT2D eigenvalue weighted by molar-refractivity contribution is 0.637. The monoisotopic (exact) mass is 295 g/mol. The molecule has 96 valence electrons. The van der Waals surface area contributed by atoms with Gasteiger partial charge in [0.1, 0.15) is 5.52 Å². The second-order valence-corrected chi connectivity index (χ2v) is 4.85. The fourth-order valence-electron chi connectivity index (χ4n) is 1.99. The maximum absolute atomic E-state index is 13.7. The summed E-state index contributed by atoms with van der Waals surface area (Å²) in [6.07, 6.45) is 0. The van der Waals surface area contributed by atoms with Crippen molar-refractivity contribution >= 4 is 40.2 Å². The third kappa shape index (κ3) is 1.93. The Kier molecular flexibility index (Phi) is 2.84. The molecule has 3 aromatic rings. The van der Waals surface area contributed by atoms with Crippen LogP contribution in [0.3, 0.4) is 0 Å². The van der Waals surface area contributed by atoms with Crippen molar-refractivity contribution in [3.05, 3.63) is 52.3 Å². The minimum Gasteiger partial charge on any atom is -0.369 e. The number of nitrogens with zero attached hydrogens (tertiary/aromatic N) is 2. The molecule has 0 unspecified atom stereocenters. The summed E-state index contributed by atoms with van der Waals surface area (Å²) < 4.78 is 15.3. The molecule has 0 bridgehead atoms. The molecule has 1 aromatic heterocycles. The number of imidazole rings is 1. The van der Waals surface area contributed by atoms with Crippen molar-refractivity contribution in [2.24, 2.45) is 0 Å². The number of aromatic nitrogens is 2. The van der Waals surface area contributed by atoms with Crippen LogP contribution in [0.4, 0.5) is 10.3 Å². The molecule has 0 saturated carbocycles. The van der Waals surface area contributed by atoms with Crippen LogP contribution in [0.1, 0.15) is 0 Å². The fraction of sp³-hybridized carbons (Fsp3) is 0. The van der Waals surface area contributed by atoms with Gasteiger partial charge >= 0.3 is 0 Å². The number of benzene rings is 2. The maximum atomic E-state index is 13.7. The van der Waals surface area contributed by atoms with Gasteiger partial charge in [0, 0.05) is 5.02 Å². The van der Waals surface area contributed by atoms with Crippen LogP contribution in [0.5, 0.6) is 0 Å². The molecule has 2 aromatic carbocycles. The number of hydrogen-bond acceptors (Lipinski definition) is 2. The first kappa shape index (κ1) is 12.3. The van der Waals surface area contributed by atoms with Gasteiger partial charge in [-0.05, 0) is 30.3 Å². The molecule has 0 spiro atoms. The zero-order valence-electron chi connectivity index (χ0n) is 9.57. The Morgan fingerprint density at radius 3 is 2.74 bits per heavy atom. The van der Waals surface area contributed by atoms with E-state index in [1.54, 1.807) is 34.9 Å². The third-order valence-corrected chi connectivity index (χ3v) is 3.37. The first-order valence-corrected chi connectivity index (χ1v) is 6.21. The van der Waals surface area contributed by atoms with E-state index in [0.717, 1.165) is 0 Å². The third-order valence-electron chi connectivity index (χ3n) is 2.81. The molecule has 3 nitrogen and oxygen atoms in total. The largest absolute Gasteiger partial charge is 0.369 e. The quantitative estimate of drug-likeness (QED) is 0.736. The molecule has 0 amide bonds. The lowest BCUT2D eigenvalue weighted by Crippen LogP contribution is -2.01. The van der Waals surface area contributed by atoms with Crippen molar-refractivity contribution in [2.75, 3.05) is 5.73 Å². The molecule has 0 aliphatic carbocycles. The average Bonchev–Trinajstić information content (AvgIpc) is 2.70. The van der Waals surface area contributed by atoms with Crippen LogP contribution in [-0.4, -0.2) is 9.55 Å². The standard InChI is InChI=1S/C13H8Cl2FN3/c14-7-4-5-8(15)11(6-7)19-10-3-1-2-9(16)12(10)18-13(19)17/h1-6H,(H2,17,18). The van der Waals surface area contributed by atoms with Crippen molar-refractivity contribution in [3.63, 3.8) is 0 Å². The van der Waals surface area contributed by atoms with Gasteiger partial charge in [-0.25, -0.2) is 9.37 Å². The molecule has 0 fully saturated rings. The van der Waals surface area contributed by atoms with Gasteiger partial charge in [0.05, 0.1) is 16.2 Å². The van der Waals surface area contributed by atoms with E-state index in [9.17, 15) is 4.39 Å². The molecule has 3 rings (SSSR count). The predicted molar refractivity (Wildman–Crippen MR) is 75.5 cm³/mol. The molecular weight excluding hydrogens is 288 g/mol. The summed E-state index contributed by atoms with van der Waals surface area (Å²) in [5.41, 5.74) is 7.17. The van der Waals surface area contributed by atoms with Gasteiger partial charge in [-0.3, -0.25) is 4.57 Å². The first-order chi connectivity index (χ1) is 9.08. The molecule has 0 saturated heterocycles. The maximum Gasteiger partial charge on any atom is 0.206 e. The molecule has 0 aliphatic rings. The lowest BCUT2D eigenvalue weighted by atomic mass is 10.2. The Morgan fingerprint density at radius 2 is 1.95 bits per heavy atom. The van der Waals surface area contributed by atoms with Crippen molar-refractivity contribution in [2.45, 2.75) is 0 Å². The van der Waals surface area contributed by atoms with E-state index in [4.69, 9.17) is 28.9 Å². The molecule has 2 N–H and O–H groups in total. The van der Waals surface area contributed by atoms with Crippen LogP contribution in [-0.2, 0) is 0 Å². The van der Waals surface area contributed by atoms with Gasteiger partial charge < -0.3 is 5.73 Å². The number of halogens is 3. The highest BCUT2D eigenvalue weighted by molar-refractivity contribution is 6.34. The molecule has 1 heterocycles. The Hall–Kier alpha value is -1.78. The number of nitrogen functional groups attached to an aromatic ring is 1. The van der Waals surface area contributed by atoms with E-state index in [-0.39, 0.29) is 11.5 Å². The molecular formula is C13H8Cl2FN3. The van der Waals surface area contributed by atoms with Gasteiger partial charge in [-0.2, -0.15) is 0 Å². The van der Waals surface area contributed by atoms with Crippen molar-refractivity contribution < 1.29 is 4.39 Å². The number of anilines is 1. The van der Waals surface area contributed by atoms with Crippen LogP contribution < -0.4 is 5.73 Å². The molecule has 0 radical (unpaired) electrons. The number of para-hydroxylation sites is 1. The SMILES string of the molecule is Nc1nc2c(F)cccc2n1-c1cc(Cl)ccc1Cl. The van der Waals surface area contributed by atoms with Crippen LogP contribution >= 0.6 is 23.2 Å². The summed E-state index contributed by atoms with van der Waals surface area (Å²) in [5, 5.41) is 0.969. The second kappa shape index (κ2) is 4.40. The van der Waals surface area contributed by atoms with Crippen LogP contribution in [0.15, 0.2) is 36.4 Å². The summed E-state index contributed by atoms with van der Waals surface area (Å²) in [4.78, 5) is 4.02. The topological polar surface area (TPSA) is 43.8 Å². The highest BCUT2D eigenvalue weighted by atomic mass is 35.5. The van der Waals surface area contributed by atoms with E-state index >= 15 is 0 Å². The van der Waals surface area contributed by atoms with Gasteiger partial charge in [0.2, 0.25) is 5.95 Å². The number of nitrogens with two attached hydrogens (primary N) is 1. The van der Waals surface area contributed by atoms with Crippen LogP contribution in [0.25, 0.3) is 16.7 Å². The lowest BCUT2D eigenvalue weighted by Gasteiger charge is -2.09. The highest BCUT2D eigenvalue weighted by Crippen LogP contribution is 2.30. The summed E-state index contributed by atoms with van der Waals surface area (Å²) in [7, 11) is 0. The minimum absolute atomic E-state index is 0.157. The van der Waals surface area contributed by atoms with Gasteiger partial charge in [-0.15, -0.1) is 0 Å².